The van der Waals surface area contributed by atoms with Gasteiger partial charge in [-0.15, -0.1) is 0 Å². The summed E-state index contributed by atoms with van der Waals surface area (Å²) in [6, 6.07) is 12.2. The van der Waals surface area contributed by atoms with Gasteiger partial charge in [-0.2, -0.15) is 0 Å². The SMILES string of the molecule is Nc1ccc(N2CCc3ccccc32)c2nonc12. The van der Waals surface area contributed by atoms with Crippen molar-refractivity contribution in [2.24, 2.45) is 0 Å². The van der Waals surface area contributed by atoms with Gasteiger partial charge in [0.2, 0.25) is 0 Å². The monoisotopic (exact) mass is 252 g/mol. The first-order valence-corrected chi connectivity index (χ1v) is 6.21. The molecule has 3 aromatic rings. The van der Waals surface area contributed by atoms with Crippen molar-refractivity contribution >= 4 is 28.1 Å². The Morgan fingerprint density at radius 1 is 1.00 bits per heavy atom. The molecule has 0 spiro atoms. The van der Waals surface area contributed by atoms with E-state index in [4.69, 9.17) is 10.4 Å². The second-order valence-electron chi connectivity index (χ2n) is 4.67. The van der Waals surface area contributed by atoms with Crippen molar-refractivity contribution in [1.29, 1.82) is 0 Å². The van der Waals surface area contributed by atoms with Crippen LogP contribution in [0.1, 0.15) is 5.56 Å². The molecular formula is C14H12N4O. The van der Waals surface area contributed by atoms with E-state index >= 15 is 0 Å². The summed E-state index contributed by atoms with van der Waals surface area (Å²) in [6.45, 7) is 0.936. The first kappa shape index (κ1) is 10.4. The second-order valence-corrected chi connectivity index (χ2v) is 4.67. The molecule has 2 heterocycles. The van der Waals surface area contributed by atoms with Crippen LogP contribution in [-0.2, 0) is 6.42 Å². The van der Waals surface area contributed by atoms with Gasteiger partial charge in [-0.25, -0.2) is 4.63 Å². The Balaban J connectivity index is 1.93. The third-order valence-corrected chi connectivity index (χ3v) is 3.60. The largest absolute Gasteiger partial charge is 0.397 e. The lowest BCUT2D eigenvalue weighted by atomic mass is 10.1. The summed E-state index contributed by atoms with van der Waals surface area (Å²) in [6.07, 6.45) is 1.04. The highest BCUT2D eigenvalue weighted by Crippen LogP contribution is 2.38. The van der Waals surface area contributed by atoms with Crippen LogP contribution >= 0.6 is 0 Å². The fraction of sp³-hybridized carbons (Fsp3) is 0.143. The predicted octanol–water partition coefficient (Wildman–Crippen LogP) is 2.50. The Morgan fingerprint density at radius 2 is 1.84 bits per heavy atom. The van der Waals surface area contributed by atoms with Crippen LogP contribution in [0.2, 0.25) is 0 Å². The molecule has 1 aliphatic heterocycles. The molecule has 0 amide bonds. The van der Waals surface area contributed by atoms with Crippen LogP contribution in [0.5, 0.6) is 0 Å². The number of benzene rings is 2. The number of anilines is 3. The molecule has 0 bridgehead atoms. The average Bonchev–Trinajstić information content (AvgIpc) is 3.06. The molecule has 0 radical (unpaired) electrons. The molecule has 5 nitrogen and oxygen atoms in total. The van der Waals surface area contributed by atoms with Crippen molar-refractivity contribution in [3.63, 3.8) is 0 Å². The van der Waals surface area contributed by atoms with Crippen LogP contribution in [0.25, 0.3) is 11.0 Å². The van der Waals surface area contributed by atoms with Gasteiger partial charge in [-0.05, 0) is 40.5 Å². The van der Waals surface area contributed by atoms with Crippen LogP contribution in [-0.4, -0.2) is 16.9 Å². The molecular weight excluding hydrogens is 240 g/mol. The molecule has 5 heteroatoms. The number of hydrogen-bond donors (Lipinski definition) is 1. The summed E-state index contributed by atoms with van der Waals surface area (Å²) in [4.78, 5) is 2.24. The van der Waals surface area contributed by atoms with Gasteiger partial charge in [0.1, 0.15) is 0 Å². The van der Waals surface area contributed by atoms with Crippen molar-refractivity contribution in [3.05, 3.63) is 42.0 Å². The topological polar surface area (TPSA) is 68.2 Å². The normalized spacial score (nSPS) is 14.0. The van der Waals surface area contributed by atoms with Gasteiger partial charge in [0, 0.05) is 12.2 Å². The summed E-state index contributed by atoms with van der Waals surface area (Å²) >= 11 is 0. The second kappa shape index (κ2) is 3.71. The zero-order valence-corrected chi connectivity index (χ0v) is 10.2. The summed E-state index contributed by atoms with van der Waals surface area (Å²) in [5.41, 5.74) is 11.4. The first-order valence-electron chi connectivity index (χ1n) is 6.21. The minimum Gasteiger partial charge on any atom is -0.397 e. The van der Waals surface area contributed by atoms with E-state index in [2.05, 4.69) is 33.4 Å². The Labute approximate surface area is 109 Å². The van der Waals surface area contributed by atoms with E-state index in [1.807, 2.05) is 18.2 Å². The van der Waals surface area contributed by atoms with E-state index in [-0.39, 0.29) is 0 Å². The van der Waals surface area contributed by atoms with E-state index in [9.17, 15) is 0 Å². The highest BCUT2D eigenvalue weighted by molar-refractivity contribution is 5.97. The lowest BCUT2D eigenvalue weighted by Gasteiger charge is -2.19. The van der Waals surface area contributed by atoms with Crippen LogP contribution in [0, 0.1) is 0 Å². The highest BCUT2D eigenvalue weighted by atomic mass is 16.6. The smallest absolute Gasteiger partial charge is 0.160 e. The predicted molar refractivity (Wildman–Crippen MR) is 73.4 cm³/mol. The Hall–Kier alpha value is -2.56. The lowest BCUT2D eigenvalue weighted by Crippen LogP contribution is -2.13. The molecule has 1 aliphatic rings. The van der Waals surface area contributed by atoms with Crippen LogP contribution in [0.3, 0.4) is 0 Å². The molecule has 1 aromatic heterocycles. The van der Waals surface area contributed by atoms with Crippen molar-refractivity contribution in [2.75, 3.05) is 17.2 Å². The summed E-state index contributed by atoms with van der Waals surface area (Å²) in [5.74, 6) is 0. The molecule has 0 saturated carbocycles. The maximum absolute atomic E-state index is 5.88. The molecule has 2 aromatic carbocycles. The van der Waals surface area contributed by atoms with E-state index in [1.165, 1.54) is 11.3 Å². The molecule has 0 atom stereocenters. The Kier molecular flexibility index (Phi) is 2.03. The van der Waals surface area contributed by atoms with Gasteiger partial charge in [0.05, 0.1) is 11.4 Å². The Morgan fingerprint density at radius 3 is 2.79 bits per heavy atom. The standard InChI is InChI=1S/C14H12N4O/c15-10-5-6-12(14-13(10)16-19-17-14)18-8-7-9-3-1-2-4-11(9)18/h1-6H,7-8,15H2. The van der Waals surface area contributed by atoms with E-state index in [1.54, 1.807) is 0 Å². The quantitative estimate of drug-likeness (QED) is 0.674. The summed E-state index contributed by atoms with van der Waals surface area (Å²) in [7, 11) is 0. The molecule has 2 N–H and O–H groups in total. The minimum atomic E-state index is 0.590. The zero-order chi connectivity index (χ0) is 12.8. The number of nitrogen functional groups attached to an aromatic ring is 1. The number of fused-ring (bicyclic) bond motifs is 2. The van der Waals surface area contributed by atoms with E-state index in [0.29, 0.717) is 11.2 Å². The summed E-state index contributed by atoms with van der Waals surface area (Å²) < 4.78 is 4.83. The minimum absolute atomic E-state index is 0.590. The van der Waals surface area contributed by atoms with Gasteiger partial charge < -0.3 is 10.6 Å². The first-order chi connectivity index (χ1) is 9.34. The molecule has 0 unspecified atom stereocenters. The van der Waals surface area contributed by atoms with Gasteiger partial charge in [-0.3, -0.25) is 0 Å². The van der Waals surface area contributed by atoms with E-state index in [0.717, 1.165) is 24.2 Å². The average molecular weight is 252 g/mol. The molecule has 19 heavy (non-hydrogen) atoms. The van der Waals surface area contributed by atoms with Crippen LogP contribution in [0.15, 0.2) is 41.0 Å². The molecule has 0 aliphatic carbocycles. The van der Waals surface area contributed by atoms with E-state index < -0.39 is 0 Å². The molecule has 94 valence electrons. The highest BCUT2D eigenvalue weighted by Gasteiger charge is 2.23. The maximum Gasteiger partial charge on any atom is 0.160 e. The number of nitrogens with zero attached hydrogens (tertiary/aromatic N) is 3. The third kappa shape index (κ3) is 1.41. The van der Waals surface area contributed by atoms with Crippen LogP contribution < -0.4 is 10.6 Å². The van der Waals surface area contributed by atoms with Gasteiger partial charge in [-0.1, -0.05) is 18.2 Å². The third-order valence-electron chi connectivity index (χ3n) is 3.60. The van der Waals surface area contributed by atoms with Crippen molar-refractivity contribution in [1.82, 2.24) is 10.3 Å². The summed E-state index contributed by atoms with van der Waals surface area (Å²) in [5, 5.41) is 7.86. The van der Waals surface area contributed by atoms with Crippen molar-refractivity contribution in [3.8, 4) is 0 Å². The zero-order valence-electron chi connectivity index (χ0n) is 10.2. The molecule has 4 rings (SSSR count). The van der Waals surface area contributed by atoms with Gasteiger partial charge >= 0.3 is 0 Å². The van der Waals surface area contributed by atoms with Gasteiger partial charge in [0.15, 0.2) is 11.0 Å². The van der Waals surface area contributed by atoms with Gasteiger partial charge in [0.25, 0.3) is 0 Å². The number of aromatic nitrogens is 2. The number of hydrogen-bond acceptors (Lipinski definition) is 5. The number of para-hydroxylation sites is 1. The molecule has 0 saturated heterocycles. The van der Waals surface area contributed by atoms with Crippen LogP contribution in [0.4, 0.5) is 17.1 Å². The number of rotatable bonds is 1. The van der Waals surface area contributed by atoms with Crippen molar-refractivity contribution < 1.29 is 4.63 Å². The van der Waals surface area contributed by atoms with Crippen molar-refractivity contribution in [2.45, 2.75) is 6.42 Å². The fourth-order valence-electron chi connectivity index (χ4n) is 2.68. The Bertz CT molecular complexity index is 765. The molecule has 0 fully saturated rings. The maximum atomic E-state index is 5.88. The number of nitrogens with two attached hydrogens (primary N) is 1. The fourth-order valence-corrected chi connectivity index (χ4v) is 2.68. The lowest BCUT2D eigenvalue weighted by molar-refractivity contribution is 0.315.